The van der Waals surface area contributed by atoms with Gasteiger partial charge in [0.2, 0.25) is 11.8 Å². The molecule has 0 bridgehead atoms. The first-order valence-corrected chi connectivity index (χ1v) is 17.1. The molecule has 1 amide bonds. The number of hydrogen-bond donors (Lipinski definition) is 1. The first-order chi connectivity index (χ1) is 23.4. The highest BCUT2D eigenvalue weighted by Gasteiger charge is 2.45. The van der Waals surface area contributed by atoms with E-state index in [9.17, 15) is 13.6 Å². The molecule has 2 unspecified atom stereocenters. The van der Waals surface area contributed by atoms with Gasteiger partial charge in [0.25, 0.3) is 5.91 Å². The second-order valence-corrected chi connectivity index (χ2v) is 13.8. The van der Waals surface area contributed by atoms with Crippen molar-refractivity contribution in [2.45, 2.75) is 57.5 Å². The predicted molar refractivity (Wildman–Crippen MR) is 179 cm³/mol. The van der Waals surface area contributed by atoms with Gasteiger partial charge in [-0.15, -0.1) is 21.5 Å². The number of rotatable bonds is 7. The van der Waals surface area contributed by atoms with Crippen LogP contribution < -0.4 is 5.32 Å². The van der Waals surface area contributed by atoms with Crippen molar-refractivity contribution in [2.24, 2.45) is 0 Å². The summed E-state index contributed by atoms with van der Waals surface area (Å²) in [6.45, 7) is 2.43. The molecule has 2 aromatic carbocycles. The summed E-state index contributed by atoms with van der Waals surface area (Å²) in [6, 6.07) is 15.7. The van der Waals surface area contributed by atoms with E-state index in [0.29, 0.717) is 48.7 Å². The molecule has 4 aromatic heterocycles. The van der Waals surface area contributed by atoms with Gasteiger partial charge in [-0.05, 0) is 90.9 Å². The molecule has 11 heteroatoms. The molecule has 0 spiro atoms. The molecule has 0 saturated carbocycles. The summed E-state index contributed by atoms with van der Waals surface area (Å²) in [5.74, 6) is 0.956. The Hall–Kier alpha value is -5.03. The molecule has 2 atom stereocenters. The van der Waals surface area contributed by atoms with E-state index < -0.39 is 0 Å². The Labute approximate surface area is 278 Å². The minimum Gasteiger partial charge on any atom is -0.421 e. The summed E-state index contributed by atoms with van der Waals surface area (Å²) in [4.78, 5) is 26.9. The standard InChI is InChI=1S/C37H30F2N6O2S/c1-19-43-44-36(47-19)30-27(13-9-20-7-10-22(38)11-8-20)41-33-28-6-3-17-45(28)37(46)32(33)31(30)29-18-21-15-16-40-35(34(21)48-29)42-26-14-12-23-24(26)4-2-5-25(23)39/h2,4-5,7-8,10-11,15-16,18,26,28H,3,6,9,12-14,17H2,1H3,(H,40,42). The molecule has 0 radical (unpaired) electrons. The third kappa shape index (κ3) is 4.70. The fourth-order valence-electron chi connectivity index (χ4n) is 7.63. The second kappa shape index (κ2) is 11.3. The summed E-state index contributed by atoms with van der Waals surface area (Å²) in [5, 5.41) is 13.2. The summed E-state index contributed by atoms with van der Waals surface area (Å²) in [6.07, 6.45) is 6.14. The maximum Gasteiger partial charge on any atom is 0.257 e. The topological polar surface area (TPSA) is 97.0 Å². The molecule has 2 aliphatic heterocycles. The van der Waals surface area contributed by atoms with Gasteiger partial charge in [0.05, 0.1) is 39.3 Å². The van der Waals surface area contributed by atoms with Crippen LogP contribution in [0, 0.1) is 18.6 Å². The van der Waals surface area contributed by atoms with E-state index >= 15 is 0 Å². The maximum atomic E-state index is 14.5. The Morgan fingerprint density at radius 1 is 1.02 bits per heavy atom. The van der Waals surface area contributed by atoms with E-state index in [4.69, 9.17) is 14.4 Å². The normalized spacial score (nSPS) is 18.1. The van der Waals surface area contributed by atoms with Crippen molar-refractivity contribution in [3.63, 3.8) is 0 Å². The van der Waals surface area contributed by atoms with Gasteiger partial charge in [-0.3, -0.25) is 9.78 Å². The third-order valence-corrected chi connectivity index (χ3v) is 11.0. The molecule has 6 aromatic rings. The number of carbonyl (C=O) groups is 1. The Balaban J connectivity index is 1.21. The number of benzene rings is 2. The lowest BCUT2D eigenvalue weighted by Crippen LogP contribution is -2.22. The van der Waals surface area contributed by atoms with Crippen LogP contribution in [0.5, 0.6) is 0 Å². The van der Waals surface area contributed by atoms with Crippen molar-refractivity contribution in [3.05, 3.63) is 112 Å². The van der Waals surface area contributed by atoms with Gasteiger partial charge >= 0.3 is 0 Å². The molecule has 48 heavy (non-hydrogen) atoms. The quantitative estimate of drug-likeness (QED) is 0.185. The number of aromatic nitrogens is 4. The van der Waals surface area contributed by atoms with Crippen LogP contribution in [0.15, 0.2) is 65.2 Å². The van der Waals surface area contributed by atoms with Crippen molar-refractivity contribution < 1.29 is 18.0 Å². The van der Waals surface area contributed by atoms with Gasteiger partial charge in [-0.1, -0.05) is 24.3 Å². The van der Waals surface area contributed by atoms with Crippen LogP contribution in [0.1, 0.15) is 75.7 Å². The SMILES string of the molecule is Cc1nnc(-c2c(CCc3ccc(F)cc3)nc3c(c2-c2cc4ccnc(NC5CCc6c(F)cccc65)c4s2)C(=O)N2CCCC32)o1. The van der Waals surface area contributed by atoms with Crippen LogP contribution in [0.4, 0.5) is 14.6 Å². The van der Waals surface area contributed by atoms with Crippen molar-refractivity contribution >= 4 is 33.1 Å². The highest BCUT2D eigenvalue weighted by atomic mass is 32.1. The Kier molecular flexibility index (Phi) is 6.86. The zero-order chi connectivity index (χ0) is 32.5. The number of nitrogens with zero attached hydrogens (tertiary/aromatic N) is 5. The smallest absolute Gasteiger partial charge is 0.257 e. The van der Waals surface area contributed by atoms with Crippen LogP contribution >= 0.6 is 11.3 Å². The number of hydrogen-bond acceptors (Lipinski definition) is 8. The molecule has 9 rings (SSSR count). The van der Waals surface area contributed by atoms with Crippen LogP contribution in [-0.4, -0.2) is 37.5 Å². The molecular weight excluding hydrogens is 631 g/mol. The minimum absolute atomic E-state index is 0.0314. The summed E-state index contributed by atoms with van der Waals surface area (Å²) < 4.78 is 35.3. The first kappa shape index (κ1) is 29.1. The number of pyridine rings is 2. The maximum absolute atomic E-state index is 14.5. The number of thiophene rings is 1. The zero-order valence-corrected chi connectivity index (χ0v) is 26.9. The first-order valence-electron chi connectivity index (χ1n) is 16.3. The molecule has 1 fully saturated rings. The highest BCUT2D eigenvalue weighted by molar-refractivity contribution is 7.23. The number of nitrogens with one attached hydrogen (secondary N) is 1. The van der Waals surface area contributed by atoms with E-state index in [1.54, 1.807) is 42.7 Å². The molecule has 8 nitrogen and oxygen atoms in total. The minimum atomic E-state index is -0.282. The lowest BCUT2D eigenvalue weighted by molar-refractivity contribution is 0.0776. The van der Waals surface area contributed by atoms with Crippen molar-refractivity contribution in [3.8, 4) is 21.9 Å². The van der Waals surface area contributed by atoms with E-state index in [1.165, 1.54) is 18.2 Å². The molecule has 1 N–H and O–H groups in total. The van der Waals surface area contributed by atoms with Crippen LogP contribution in [0.2, 0.25) is 0 Å². The Morgan fingerprint density at radius 3 is 2.73 bits per heavy atom. The number of fused-ring (bicyclic) bond motifs is 5. The molecular formula is C37H30F2N6O2S. The fourth-order valence-corrected chi connectivity index (χ4v) is 8.80. The van der Waals surface area contributed by atoms with Crippen LogP contribution in [0.3, 0.4) is 0 Å². The van der Waals surface area contributed by atoms with Gasteiger partial charge in [0, 0.05) is 30.1 Å². The van der Waals surface area contributed by atoms with Crippen molar-refractivity contribution in [1.29, 1.82) is 0 Å². The average Bonchev–Trinajstić information content (AvgIpc) is 3.92. The molecule has 1 saturated heterocycles. The number of anilines is 1. The second-order valence-electron chi connectivity index (χ2n) is 12.7. The lowest BCUT2D eigenvalue weighted by Gasteiger charge is -2.16. The Morgan fingerprint density at radius 2 is 1.90 bits per heavy atom. The van der Waals surface area contributed by atoms with E-state index in [2.05, 4.69) is 21.6 Å². The van der Waals surface area contributed by atoms with E-state index in [-0.39, 0.29) is 29.6 Å². The number of amides is 1. The van der Waals surface area contributed by atoms with Gasteiger partial charge in [-0.25, -0.2) is 13.8 Å². The van der Waals surface area contributed by atoms with Gasteiger partial charge in [0.1, 0.15) is 17.5 Å². The summed E-state index contributed by atoms with van der Waals surface area (Å²) in [7, 11) is 0. The van der Waals surface area contributed by atoms with Crippen LogP contribution in [-0.2, 0) is 19.3 Å². The van der Waals surface area contributed by atoms with E-state index in [1.807, 2.05) is 17.0 Å². The molecule has 1 aliphatic carbocycles. The zero-order valence-electron chi connectivity index (χ0n) is 26.1. The number of halogens is 2. The molecule has 6 heterocycles. The Bertz CT molecular complexity index is 2250. The molecule has 3 aliphatic rings. The van der Waals surface area contributed by atoms with Crippen molar-refractivity contribution in [1.82, 2.24) is 25.1 Å². The average molecular weight is 661 g/mol. The predicted octanol–water partition coefficient (Wildman–Crippen LogP) is 8.17. The number of carbonyl (C=O) groups excluding carboxylic acids is 1. The summed E-state index contributed by atoms with van der Waals surface area (Å²) in [5.41, 5.74) is 6.24. The van der Waals surface area contributed by atoms with Crippen molar-refractivity contribution in [2.75, 3.05) is 11.9 Å². The number of aryl methyl sites for hydroxylation is 3. The summed E-state index contributed by atoms with van der Waals surface area (Å²) >= 11 is 1.55. The largest absolute Gasteiger partial charge is 0.421 e. The lowest BCUT2D eigenvalue weighted by atomic mass is 9.93. The van der Waals surface area contributed by atoms with Gasteiger partial charge < -0.3 is 14.6 Å². The third-order valence-electron chi connectivity index (χ3n) is 9.85. The van der Waals surface area contributed by atoms with E-state index in [0.717, 1.165) is 73.7 Å². The molecule has 240 valence electrons. The fraction of sp³-hybridized carbons (Fsp3) is 0.270. The van der Waals surface area contributed by atoms with Gasteiger partial charge in [0.15, 0.2) is 0 Å². The highest BCUT2D eigenvalue weighted by Crippen LogP contribution is 2.50. The van der Waals surface area contributed by atoms with Crippen LogP contribution in [0.25, 0.3) is 32.0 Å². The van der Waals surface area contributed by atoms with Gasteiger partial charge in [-0.2, -0.15) is 0 Å². The monoisotopic (exact) mass is 660 g/mol.